The minimum absolute atomic E-state index is 0.0468. The predicted molar refractivity (Wildman–Crippen MR) is 109 cm³/mol. The van der Waals surface area contributed by atoms with Gasteiger partial charge < -0.3 is 19.1 Å². The molecule has 2 aromatic heterocycles. The summed E-state index contributed by atoms with van der Waals surface area (Å²) in [7, 11) is 0. The van der Waals surface area contributed by atoms with Crippen molar-refractivity contribution in [3.63, 3.8) is 0 Å². The van der Waals surface area contributed by atoms with E-state index in [1.807, 2.05) is 36.4 Å². The lowest BCUT2D eigenvalue weighted by molar-refractivity contribution is -0.907. The van der Waals surface area contributed by atoms with Crippen molar-refractivity contribution in [1.29, 1.82) is 0 Å². The van der Waals surface area contributed by atoms with Crippen molar-refractivity contribution in [1.82, 2.24) is 10.2 Å². The number of benzene rings is 2. The molecule has 0 aliphatic heterocycles. The van der Waals surface area contributed by atoms with Crippen LogP contribution < -0.4 is 10.2 Å². The molecule has 1 atom stereocenters. The highest BCUT2D eigenvalue weighted by molar-refractivity contribution is 5.94. The molecule has 7 nitrogen and oxygen atoms in total. The molecule has 0 radical (unpaired) electrons. The number of quaternary nitrogens is 1. The molecule has 29 heavy (non-hydrogen) atoms. The molecule has 0 saturated carbocycles. The van der Waals surface area contributed by atoms with E-state index in [0.717, 1.165) is 34.3 Å². The van der Waals surface area contributed by atoms with Gasteiger partial charge in [0.1, 0.15) is 0 Å². The van der Waals surface area contributed by atoms with Crippen molar-refractivity contribution in [3.8, 4) is 11.7 Å². The number of nitrogens with one attached hydrogen (secondary N) is 2. The standard InChI is InChI=1S/C22H22N4O3/c1-2-11-26(15-21-24-25-22(29-21)19-8-5-12-28-19)14-20(27)23-18-10-9-16-6-3-4-7-17(16)13-18/h3-10,12-13H,2,11,14-15H2,1H3,(H,23,27)/p+1. The van der Waals surface area contributed by atoms with Gasteiger partial charge in [0.15, 0.2) is 18.8 Å². The SMILES string of the molecule is CCC[NH+](CC(=O)Nc1ccc2ccccc2c1)Cc1nnc(-c2ccco2)o1. The van der Waals surface area contributed by atoms with Crippen LogP contribution in [0.25, 0.3) is 22.4 Å². The smallest absolute Gasteiger partial charge is 0.283 e. The molecule has 2 heterocycles. The third-order valence-corrected chi connectivity index (χ3v) is 4.65. The van der Waals surface area contributed by atoms with Gasteiger partial charge in [0.25, 0.3) is 17.7 Å². The van der Waals surface area contributed by atoms with Crippen LogP contribution in [0.4, 0.5) is 5.69 Å². The van der Waals surface area contributed by atoms with E-state index in [-0.39, 0.29) is 5.91 Å². The Morgan fingerprint density at radius 2 is 1.93 bits per heavy atom. The number of fused-ring (bicyclic) bond motifs is 1. The number of anilines is 1. The molecule has 148 valence electrons. The second-order valence-electron chi connectivity index (χ2n) is 6.94. The van der Waals surface area contributed by atoms with Crippen molar-refractivity contribution in [2.24, 2.45) is 0 Å². The summed E-state index contributed by atoms with van der Waals surface area (Å²) in [5.74, 6) is 1.32. The van der Waals surface area contributed by atoms with Crippen molar-refractivity contribution in [2.75, 3.05) is 18.4 Å². The Morgan fingerprint density at radius 1 is 1.07 bits per heavy atom. The largest absolute Gasteiger partial charge is 0.459 e. The Morgan fingerprint density at radius 3 is 2.72 bits per heavy atom. The lowest BCUT2D eigenvalue weighted by atomic mass is 10.1. The fourth-order valence-corrected chi connectivity index (χ4v) is 3.33. The zero-order valence-corrected chi connectivity index (χ0v) is 16.2. The Labute approximate surface area is 168 Å². The second-order valence-corrected chi connectivity index (χ2v) is 6.94. The highest BCUT2D eigenvalue weighted by Gasteiger charge is 2.19. The average molecular weight is 391 g/mol. The summed E-state index contributed by atoms with van der Waals surface area (Å²) in [4.78, 5) is 13.7. The highest BCUT2D eigenvalue weighted by atomic mass is 16.4. The van der Waals surface area contributed by atoms with E-state index in [0.29, 0.717) is 30.6 Å². The van der Waals surface area contributed by atoms with E-state index in [1.165, 1.54) is 0 Å². The number of nitrogens with zero attached hydrogens (tertiary/aromatic N) is 2. The summed E-state index contributed by atoms with van der Waals surface area (Å²) in [5, 5.41) is 13.4. The summed E-state index contributed by atoms with van der Waals surface area (Å²) in [6.07, 6.45) is 2.50. The Balaban J connectivity index is 1.40. The van der Waals surface area contributed by atoms with Crippen molar-refractivity contribution < 1.29 is 18.5 Å². The van der Waals surface area contributed by atoms with Crippen LogP contribution in [-0.4, -0.2) is 29.2 Å². The fourth-order valence-electron chi connectivity index (χ4n) is 3.33. The van der Waals surface area contributed by atoms with Gasteiger partial charge in [-0.05, 0) is 41.5 Å². The van der Waals surface area contributed by atoms with Gasteiger partial charge in [0.05, 0.1) is 12.8 Å². The van der Waals surface area contributed by atoms with E-state index in [4.69, 9.17) is 8.83 Å². The van der Waals surface area contributed by atoms with Gasteiger partial charge in [-0.1, -0.05) is 37.3 Å². The molecule has 0 aliphatic carbocycles. The highest BCUT2D eigenvalue weighted by Crippen LogP contribution is 2.19. The molecule has 4 rings (SSSR count). The van der Waals surface area contributed by atoms with Crippen molar-refractivity contribution >= 4 is 22.4 Å². The van der Waals surface area contributed by atoms with Crippen LogP contribution in [0.15, 0.2) is 69.7 Å². The molecule has 0 aliphatic rings. The molecule has 2 N–H and O–H groups in total. The van der Waals surface area contributed by atoms with Crippen LogP contribution in [-0.2, 0) is 11.3 Å². The van der Waals surface area contributed by atoms with Crippen LogP contribution >= 0.6 is 0 Å². The first kappa shape index (κ1) is 18.9. The molecule has 1 unspecified atom stereocenters. The van der Waals surface area contributed by atoms with Crippen LogP contribution in [0.2, 0.25) is 0 Å². The van der Waals surface area contributed by atoms with Gasteiger partial charge in [-0.15, -0.1) is 10.2 Å². The van der Waals surface area contributed by atoms with Gasteiger partial charge in [-0.2, -0.15) is 0 Å². The monoisotopic (exact) mass is 391 g/mol. The van der Waals surface area contributed by atoms with Gasteiger partial charge in [-0.3, -0.25) is 4.79 Å². The number of aromatic nitrogens is 2. The zero-order chi connectivity index (χ0) is 20.1. The number of amides is 1. The lowest BCUT2D eigenvalue weighted by Gasteiger charge is -2.16. The van der Waals surface area contributed by atoms with Gasteiger partial charge in [0.2, 0.25) is 0 Å². The molecular weight excluding hydrogens is 368 g/mol. The predicted octanol–water partition coefficient (Wildman–Crippen LogP) is 2.92. The second kappa shape index (κ2) is 8.70. The summed E-state index contributed by atoms with van der Waals surface area (Å²) in [6.45, 7) is 3.71. The first-order valence-electron chi connectivity index (χ1n) is 9.70. The maximum Gasteiger partial charge on any atom is 0.283 e. The minimum Gasteiger partial charge on any atom is -0.459 e. The Kier molecular flexibility index (Phi) is 5.67. The molecular formula is C22H23N4O3+. The summed E-state index contributed by atoms with van der Waals surface area (Å²) >= 11 is 0. The number of carbonyl (C=O) groups is 1. The molecule has 1 amide bonds. The van der Waals surface area contributed by atoms with E-state index >= 15 is 0 Å². The van der Waals surface area contributed by atoms with Crippen LogP contribution in [0.5, 0.6) is 0 Å². The maximum atomic E-state index is 12.6. The molecule has 0 saturated heterocycles. The van der Waals surface area contributed by atoms with Crippen LogP contribution in [0.1, 0.15) is 19.2 Å². The summed E-state index contributed by atoms with van der Waals surface area (Å²) in [6, 6.07) is 17.5. The molecule has 7 heteroatoms. The quantitative estimate of drug-likeness (QED) is 0.482. The topological polar surface area (TPSA) is 85.6 Å². The van der Waals surface area contributed by atoms with E-state index in [2.05, 4.69) is 28.5 Å². The number of carbonyl (C=O) groups excluding carboxylic acids is 1. The number of rotatable bonds is 8. The van der Waals surface area contributed by atoms with Gasteiger partial charge >= 0.3 is 0 Å². The normalized spacial score (nSPS) is 12.2. The maximum absolute atomic E-state index is 12.6. The van der Waals surface area contributed by atoms with Crippen LogP contribution in [0.3, 0.4) is 0 Å². The van der Waals surface area contributed by atoms with Crippen molar-refractivity contribution in [3.05, 3.63) is 66.8 Å². The van der Waals surface area contributed by atoms with Crippen molar-refractivity contribution in [2.45, 2.75) is 19.9 Å². The molecule has 0 spiro atoms. The van der Waals surface area contributed by atoms with E-state index < -0.39 is 0 Å². The van der Waals surface area contributed by atoms with Gasteiger partial charge in [-0.25, -0.2) is 0 Å². The minimum atomic E-state index is -0.0468. The molecule has 0 bridgehead atoms. The summed E-state index contributed by atoms with van der Waals surface area (Å²) < 4.78 is 11.0. The Bertz CT molecular complexity index is 1090. The fraction of sp³-hybridized carbons (Fsp3) is 0.227. The van der Waals surface area contributed by atoms with Gasteiger partial charge in [0, 0.05) is 5.69 Å². The average Bonchev–Trinajstić information content (AvgIpc) is 3.40. The number of hydrogen-bond donors (Lipinski definition) is 2. The zero-order valence-electron chi connectivity index (χ0n) is 16.2. The van der Waals surface area contributed by atoms with E-state index in [1.54, 1.807) is 18.4 Å². The summed E-state index contributed by atoms with van der Waals surface area (Å²) in [5.41, 5.74) is 0.794. The third kappa shape index (κ3) is 4.70. The molecule has 2 aromatic carbocycles. The number of hydrogen-bond acceptors (Lipinski definition) is 5. The first-order chi connectivity index (χ1) is 14.2. The van der Waals surface area contributed by atoms with E-state index in [9.17, 15) is 4.79 Å². The molecule has 0 fully saturated rings. The number of furan rings is 1. The molecule has 4 aromatic rings. The van der Waals surface area contributed by atoms with Crippen LogP contribution in [0, 0.1) is 0 Å². The lowest BCUT2D eigenvalue weighted by Crippen LogP contribution is -3.11. The third-order valence-electron chi connectivity index (χ3n) is 4.65. The Hall–Kier alpha value is -3.45. The first-order valence-corrected chi connectivity index (χ1v) is 9.70.